The smallest absolute Gasteiger partial charge is 0.233 e. The van der Waals surface area contributed by atoms with Gasteiger partial charge in [-0.25, -0.2) is 4.39 Å². The Hall–Kier alpha value is -2.22. The SMILES string of the molecule is C=CCNC(=O)[C@H](C)Sc1nnnn1-c1cccc(F)c1. The lowest BCUT2D eigenvalue weighted by molar-refractivity contribution is -0.120. The van der Waals surface area contributed by atoms with Gasteiger partial charge in [0.2, 0.25) is 11.1 Å². The summed E-state index contributed by atoms with van der Waals surface area (Å²) in [6.45, 7) is 5.68. The highest BCUT2D eigenvalue weighted by Gasteiger charge is 2.18. The average molecular weight is 307 g/mol. The van der Waals surface area contributed by atoms with Crippen LogP contribution in [-0.4, -0.2) is 37.9 Å². The van der Waals surface area contributed by atoms with Crippen LogP contribution in [0.1, 0.15) is 6.92 Å². The molecule has 1 atom stereocenters. The number of tetrazole rings is 1. The molecule has 0 radical (unpaired) electrons. The summed E-state index contributed by atoms with van der Waals surface area (Å²) in [4.78, 5) is 11.8. The molecule has 1 N–H and O–H groups in total. The third-order valence-electron chi connectivity index (χ3n) is 2.57. The monoisotopic (exact) mass is 307 g/mol. The predicted octanol–water partition coefficient (Wildman–Crippen LogP) is 1.58. The minimum atomic E-state index is -0.386. The second-order valence-corrected chi connectivity index (χ2v) is 5.45. The van der Waals surface area contributed by atoms with Crippen molar-refractivity contribution in [3.63, 3.8) is 0 Å². The van der Waals surface area contributed by atoms with Crippen molar-refractivity contribution in [1.29, 1.82) is 0 Å². The number of nitrogens with zero attached hydrogens (tertiary/aromatic N) is 4. The quantitative estimate of drug-likeness (QED) is 0.648. The molecule has 0 aliphatic heterocycles. The van der Waals surface area contributed by atoms with Gasteiger partial charge in [-0.2, -0.15) is 4.68 Å². The highest BCUT2D eigenvalue weighted by atomic mass is 32.2. The van der Waals surface area contributed by atoms with Crippen LogP contribution in [-0.2, 0) is 4.79 Å². The molecule has 0 unspecified atom stereocenters. The molecular formula is C13H14FN5OS. The Balaban J connectivity index is 2.14. The summed E-state index contributed by atoms with van der Waals surface area (Å²) in [5.74, 6) is -0.524. The van der Waals surface area contributed by atoms with Crippen LogP contribution >= 0.6 is 11.8 Å². The molecule has 0 aliphatic carbocycles. The molecule has 8 heteroatoms. The van der Waals surface area contributed by atoms with Crippen LogP contribution in [0.15, 0.2) is 42.1 Å². The van der Waals surface area contributed by atoms with E-state index in [0.717, 1.165) is 0 Å². The number of rotatable bonds is 6. The number of thioether (sulfide) groups is 1. The number of hydrogen-bond acceptors (Lipinski definition) is 5. The zero-order chi connectivity index (χ0) is 15.2. The molecule has 1 aromatic heterocycles. The van der Waals surface area contributed by atoms with Gasteiger partial charge in [-0.1, -0.05) is 23.9 Å². The van der Waals surface area contributed by atoms with Crippen LogP contribution in [0.25, 0.3) is 5.69 Å². The first-order valence-corrected chi connectivity index (χ1v) is 7.09. The number of aromatic nitrogens is 4. The van der Waals surface area contributed by atoms with Crippen molar-refractivity contribution in [2.45, 2.75) is 17.3 Å². The van der Waals surface area contributed by atoms with Gasteiger partial charge in [0.05, 0.1) is 10.9 Å². The van der Waals surface area contributed by atoms with Gasteiger partial charge >= 0.3 is 0 Å². The van der Waals surface area contributed by atoms with Crippen molar-refractivity contribution in [3.05, 3.63) is 42.7 Å². The minimum absolute atomic E-state index is 0.145. The van der Waals surface area contributed by atoms with Crippen LogP contribution in [0.5, 0.6) is 0 Å². The van der Waals surface area contributed by atoms with Crippen molar-refractivity contribution in [3.8, 4) is 5.69 Å². The fourth-order valence-corrected chi connectivity index (χ4v) is 2.38. The van der Waals surface area contributed by atoms with E-state index in [9.17, 15) is 9.18 Å². The van der Waals surface area contributed by atoms with E-state index in [1.807, 2.05) is 0 Å². The Kier molecular flexibility index (Phi) is 5.04. The van der Waals surface area contributed by atoms with Crippen molar-refractivity contribution in [2.24, 2.45) is 0 Å². The largest absolute Gasteiger partial charge is 0.352 e. The molecule has 0 saturated heterocycles. The van der Waals surface area contributed by atoms with Gasteiger partial charge < -0.3 is 5.32 Å². The van der Waals surface area contributed by atoms with Crippen molar-refractivity contribution < 1.29 is 9.18 Å². The van der Waals surface area contributed by atoms with Gasteiger partial charge in [0.25, 0.3) is 0 Å². The topological polar surface area (TPSA) is 72.7 Å². The Morgan fingerprint density at radius 3 is 3.14 bits per heavy atom. The van der Waals surface area contributed by atoms with Crippen LogP contribution in [0.3, 0.4) is 0 Å². The van der Waals surface area contributed by atoms with Crippen LogP contribution < -0.4 is 5.32 Å². The van der Waals surface area contributed by atoms with E-state index in [1.54, 1.807) is 25.1 Å². The first-order chi connectivity index (χ1) is 10.1. The standard InChI is InChI=1S/C13H14FN5OS/c1-3-7-15-12(20)9(2)21-13-16-17-18-19(13)11-6-4-5-10(14)8-11/h3-6,8-9H,1,7H2,2H3,(H,15,20)/t9-/m0/s1. The number of benzene rings is 1. The van der Waals surface area contributed by atoms with Gasteiger partial charge in [0, 0.05) is 6.54 Å². The maximum absolute atomic E-state index is 13.3. The Morgan fingerprint density at radius 1 is 1.62 bits per heavy atom. The summed E-state index contributed by atoms with van der Waals surface area (Å²) < 4.78 is 14.7. The van der Waals surface area contributed by atoms with Gasteiger partial charge in [-0.15, -0.1) is 11.7 Å². The summed E-state index contributed by atoms with van der Waals surface area (Å²) >= 11 is 1.19. The molecule has 21 heavy (non-hydrogen) atoms. The number of halogens is 1. The molecule has 0 saturated carbocycles. The van der Waals surface area contributed by atoms with Gasteiger partial charge in [0.1, 0.15) is 5.82 Å². The minimum Gasteiger partial charge on any atom is -0.352 e. The van der Waals surface area contributed by atoms with E-state index >= 15 is 0 Å². The first-order valence-electron chi connectivity index (χ1n) is 6.21. The van der Waals surface area contributed by atoms with E-state index in [1.165, 1.54) is 28.6 Å². The molecule has 1 aromatic carbocycles. The Morgan fingerprint density at radius 2 is 2.43 bits per heavy atom. The Labute approximate surface area is 125 Å². The summed E-state index contributed by atoms with van der Waals surface area (Å²) in [5.41, 5.74) is 0.501. The lowest BCUT2D eigenvalue weighted by atomic mass is 10.3. The molecule has 110 valence electrons. The maximum atomic E-state index is 13.3. The van der Waals surface area contributed by atoms with Gasteiger partial charge in [-0.3, -0.25) is 4.79 Å². The van der Waals surface area contributed by atoms with Crippen LogP contribution in [0.2, 0.25) is 0 Å². The van der Waals surface area contributed by atoms with Crippen molar-refractivity contribution >= 4 is 17.7 Å². The highest BCUT2D eigenvalue weighted by molar-refractivity contribution is 8.00. The summed E-state index contributed by atoms with van der Waals surface area (Å²) in [7, 11) is 0. The third-order valence-corrected chi connectivity index (χ3v) is 3.60. The summed E-state index contributed by atoms with van der Waals surface area (Å²) in [6, 6.07) is 5.92. The molecule has 0 fully saturated rings. The van der Waals surface area contributed by atoms with E-state index in [2.05, 4.69) is 27.4 Å². The van der Waals surface area contributed by atoms with E-state index in [-0.39, 0.29) is 17.0 Å². The molecular weight excluding hydrogens is 293 g/mol. The predicted molar refractivity (Wildman–Crippen MR) is 77.6 cm³/mol. The molecule has 6 nitrogen and oxygen atoms in total. The number of nitrogens with one attached hydrogen (secondary N) is 1. The average Bonchev–Trinajstić information content (AvgIpc) is 2.92. The van der Waals surface area contributed by atoms with Gasteiger partial charge in [0.15, 0.2) is 0 Å². The lowest BCUT2D eigenvalue weighted by Gasteiger charge is -2.10. The number of amides is 1. The molecule has 1 amide bonds. The number of carbonyl (C=O) groups excluding carboxylic acids is 1. The van der Waals surface area contributed by atoms with E-state index in [4.69, 9.17) is 0 Å². The maximum Gasteiger partial charge on any atom is 0.233 e. The van der Waals surface area contributed by atoms with Gasteiger partial charge in [-0.05, 0) is 35.5 Å². The molecule has 2 aromatic rings. The summed E-state index contributed by atoms with van der Waals surface area (Å²) in [6.07, 6.45) is 1.60. The van der Waals surface area contributed by atoms with E-state index in [0.29, 0.717) is 17.4 Å². The normalized spacial score (nSPS) is 11.9. The zero-order valence-electron chi connectivity index (χ0n) is 11.4. The lowest BCUT2D eigenvalue weighted by Crippen LogP contribution is -2.31. The summed E-state index contributed by atoms with van der Waals surface area (Å²) in [5, 5.41) is 14.0. The second kappa shape index (κ2) is 6.98. The number of carbonyl (C=O) groups is 1. The first kappa shape index (κ1) is 15.2. The van der Waals surface area contributed by atoms with Crippen molar-refractivity contribution in [2.75, 3.05) is 6.54 Å². The van der Waals surface area contributed by atoms with Crippen LogP contribution in [0, 0.1) is 5.82 Å². The molecule has 0 bridgehead atoms. The zero-order valence-corrected chi connectivity index (χ0v) is 12.2. The molecule has 1 heterocycles. The van der Waals surface area contributed by atoms with Crippen molar-refractivity contribution in [1.82, 2.24) is 25.5 Å². The number of hydrogen-bond donors (Lipinski definition) is 1. The van der Waals surface area contributed by atoms with Crippen LogP contribution in [0.4, 0.5) is 4.39 Å². The molecule has 2 rings (SSSR count). The highest BCUT2D eigenvalue weighted by Crippen LogP contribution is 2.23. The fraction of sp³-hybridized carbons (Fsp3) is 0.231. The second-order valence-electron chi connectivity index (χ2n) is 4.15. The third kappa shape index (κ3) is 3.88. The Bertz CT molecular complexity index is 645. The van der Waals surface area contributed by atoms with E-state index < -0.39 is 0 Å². The molecule has 0 spiro atoms. The fourth-order valence-electron chi connectivity index (χ4n) is 1.55. The molecule has 0 aliphatic rings.